The van der Waals surface area contributed by atoms with Gasteiger partial charge in [-0.25, -0.2) is 62.0 Å². The summed E-state index contributed by atoms with van der Waals surface area (Å²) in [7, 11) is 0. The van der Waals surface area contributed by atoms with Crippen LogP contribution in [0.25, 0.3) is 44.3 Å². The summed E-state index contributed by atoms with van der Waals surface area (Å²) in [6.07, 6.45) is 9.16. The summed E-state index contributed by atoms with van der Waals surface area (Å²) >= 11 is 5.70. The number of hydrogen-bond donors (Lipinski definition) is 1. The predicted molar refractivity (Wildman–Crippen MR) is 323 cm³/mol. The third-order valence-electron chi connectivity index (χ3n) is 15.8. The van der Waals surface area contributed by atoms with Crippen LogP contribution in [0.2, 0.25) is 5.28 Å². The molecule has 0 saturated carbocycles. The molecule has 6 aromatic heterocycles. The molecule has 460 valence electrons. The molecule has 0 bridgehead atoms. The van der Waals surface area contributed by atoms with Crippen LogP contribution >= 0.6 is 11.6 Å². The number of fused-ring (bicyclic) bond motifs is 4. The number of benzene rings is 2. The standard InChI is InChI=1S/C32H37F2N7O2.C16H16F2N4.C15H21ClN4O2/c1-18(2)41-19(3)38-30-25(33)7-21(8-27(30)41)24-9-23(35-13-26(24)34)10-29-36-11-20(12-37-29)14-39-15-22-16-40(28(22)17-39)31(42)43-32(4,5)6;1-8(2)22-9(3)21-16-12(17)4-10(5-14(16)22)11-6-15(19)20-7-13(11)18;1-15(2,3)22-14(21)20-8-11-7-19(9-12(11)20)6-10-4-17-13(16)18-5-10/h7-9,11-13,18,22,28H,10,14-17H2,1-6H3;4-8H,1-3H3,(H2,19,20);4-5,11-12H,6-9H2,1-3H3/t22-,28-;;11-,12-/m1.1/s1. The Bertz CT molecular complexity index is 3850. The van der Waals surface area contributed by atoms with Crippen molar-refractivity contribution in [1.82, 2.24) is 68.6 Å². The van der Waals surface area contributed by atoms with E-state index in [4.69, 9.17) is 26.8 Å². The fraction of sp³-hybridized carbons (Fsp3) is 0.460. The van der Waals surface area contributed by atoms with Crippen molar-refractivity contribution in [1.29, 1.82) is 0 Å². The lowest BCUT2D eigenvalue weighted by molar-refractivity contribution is -0.0172. The smallest absolute Gasteiger partial charge is 0.410 e. The van der Waals surface area contributed by atoms with E-state index >= 15 is 4.39 Å². The lowest BCUT2D eigenvalue weighted by Crippen LogP contribution is -2.59. The molecule has 4 atom stereocenters. The number of ether oxygens (including phenoxy) is 2. The monoisotopic (exact) mass is 1220 g/mol. The number of likely N-dealkylation sites (tertiary alicyclic amines) is 4. The number of nitrogens with two attached hydrogens (primary N) is 1. The van der Waals surface area contributed by atoms with Crippen LogP contribution in [0.15, 0.2) is 73.6 Å². The van der Waals surface area contributed by atoms with Crippen LogP contribution in [-0.2, 0) is 29.0 Å². The maximum atomic E-state index is 15.1. The summed E-state index contributed by atoms with van der Waals surface area (Å²) in [5.41, 5.74) is 10.4. The Morgan fingerprint density at radius 2 is 1.00 bits per heavy atom. The summed E-state index contributed by atoms with van der Waals surface area (Å²) in [5, 5.41) is 0.265. The zero-order valence-corrected chi connectivity index (χ0v) is 51.9. The zero-order chi connectivity index (χ0) is 62.6. The van der Waals surface area contributed by atoms with E-state index in [0.717, 1.165) is 75.2 Å². The maximum absolute atomic E-state index is 15.1. The van der Waals surface area contributed by atoms with Gasteiger partial charge in [-0.15, -0.1) is 0 Å². The minimum absolute atomic E-state index is 0.0742. The molecule has 24 heteroatoms. The summed E-state index contributed by atoms with van der Waals surface area (Å²) in [6, 6.07) is 9.78. The van der Waals surface area contributed by atoms with Crippen molar-refractivity contribution in [3.8, 4) is 22.3 Å². The molecule has 2 amide bonds. The topological polar surface area (TPSA) is 205 Å². The van der Waals surface area contributed by atoms with E-state index in [0.29, 0.717) is 64.3 Å². The van der Waals surface area contributed by atoms with Crippen molar-refractivity contribution in [2.45, 2.75) is 138 Å². The van der Waals surface area contributed by atoms with Gasteiger partial charge >= 0.3 is 12.2 Å². The van der Waals surface area contributed by atoms with Crippen molar-refractivity contribution in [2.75, 3.05) is 45.0 Å². The van der Waals surface area contributed by atoms with Gasteiger partial charge in [-0.05, 0) is 142 Å². The minimum atomic E-state index is -0.541. The molecule has 2 aromatic carbocycles. The zero-order valence-electron chi connectivity index (χ0n) is 51.1. The molecular weight excluding hydrogens is 1140 g/mol. The fourth-order valence-corrected chi connectivity index (χ4v) is 12.1. The van der Waals surface area contributed by atoms with E-state index in [9.17, 15) is 22.8 Å². The van der Waals surface area contributed by atoms with Gasteiger partial charge in [-0.1, -0.05) is 0 Å². The Hall–Kier alpha value is -7.89. The third-order valence-corrected chi connectivity index (χ3v) is 16.0. The van der Waals surface area contributed by atoms with Crippen molar-refractivity contribution >= 4 is 51.7 Å². The molecule has 4 aliphatic rings. The maximum Gasteiger partial charge on any atom is 0.410 e. The van der Waals surface area contributed by atoms with Crippen LogP contribution in [-0.4, -0.2) is 143 Å². The summed E-state index contributed by atoms with van der Waals surface area (Å²) in [6.45, 7) is 29.5. The predicted octanol–water partition coefficient (Wildman–Crippen LogP) is 11.7. The Kier molecular flexibility index (Phi) is 17.7. The number of halogens is 5. The van der Waals surface area contributed by atoms with Crippen LogP contribution in [0.3, 0.4) is 0 Å². The molecule has 4 saturated heterocycles. The number of pyridine rings is 2. The first kappa shape index (κ1) is 62.2. The highest BCUT2D eigenvalue weighted by atomic mass is 35.5. The number of rotatable bonds is 10. The number of imidazole rings is 2. The van der Waals surface area contributed by atoms with Gasteiger partial charge in [0.05, 0.1) is 41.9 Å². The van der Waals surface area contributed by atoms with Gasteiger partial charge in [0.2, 0.25) is 5.28 Å². The fourth-order valence-electron chi connectivity index (χ4n) is 12.0. The van der Waals surface area contributed by atoms with Crippen molar-refractivity contribution in [3.63, 3.8) is 0 Å². The molecule has 19 nitrogen and oxygen atoms in total. The number of aromatic nitrogens is 10. The molecule has 4 fully saturated rings. The summed E-state index contributed by atoms with van der Waals surface area (Å²) in [5.74, 6) is 1.12. The van der Waals surface area contributed by atoms with Gasteiger partial charge < -0.3 is 34.1 Å². The van der Waals surface area contributed by atoms with E-state index in [1.165, 1.54) is 18.2 Å². The molecule has 87 heavy (non-hydrogen) atoms. The van der Waals surface area contributed by atoms with Crippen molar-refractivity contribution < 1.29 is 36.6 Å². The molecule has 8 aromatic rings. The minimum Gasteiger partial charge on any atom is -0.444 e. The van der Waals surface area contributed by atoms with Gasteiger partial charge in [0.15, 0.2) is 11.6 Å². The number of hydrogen-bond acceptors (Lipinski definition) is 15. The molecule has 10 heterocycles. The summed E-state index contributed by atoms with van der Waals surface area (Å²) < 4.78 is 73.2. The lowest BCUT2D eigenvalue weighted by Gasteiger charge is -2.43. The first-order valence-electron chi connectivity index (χ1n) is 29.2. The number of anilines is 1. The second kappa shape index (κ2) is 24.7. The first-order chi connectivity index (χ1) is 41.1. The van der Waals surface area contributed by atoms with Gasteiger partial charge in [0.1, 0.15) is 57.2 Å². The normalized spacial score (nSPS) is 18.5. The van der Waals surface area contributed by atoms with Crippen LogP contribution < -0.4 is 5.73 Å². The molecule has 0 aliphatic carbocycles. The lowest BCUT2D eigenvalue weighted by atomic mass is 9.93. The molecule has 4 aliphatic heterocycles. The highest BCUT2D eigenvalue weighted by Crippen LogP contribution is 2.37. The Labute approximate surface area is 508 Å². The van der Waals surface area contributed by atoms with Crippen LogP contribution in [0, 0.1) is 49.0 Å². The highest BCUT2D eigenvalue weighted by Gasteiger charge is 2.50. The highest BCUT2D eigenvalue weighted by molar-refractivity contribution is 6.28. The third kappa shape index (κ3) is 13.9. The number of aryl methyl sites for hydroxylation is 2. The van der Waals surface area contributed by atoms with Crippen LogP contribution in [0.5, 0.6) is 0 Å². The van der Waals surface area contributed by atoms with E-state index < -0.39 is 34.5 Å². The summed E-state index contributed by atoms with van der Waals surface area (Å²) in [4.78, 5) is 66.6. The number of nitrogen functional groups attached to an aromatic ring is 1. The van der Waals surface area contributed by atoms with Crippen LogP contribution in [0.4, 0.5) is 33.0 Å². The Morgan fingerprint density at radius 3 is 1.44 bits per heavy atom. The molecule has 12 rings (SSSR count). The average molecular weight is 1220 g/mol. The Balaban J connectivity index is 0.000000160. The number of carbonyl (C=O) groups is 2. The molecule has 2 N–H and O–H groups in total. The van der Waals surface area contributed by atoms with Crippen LogP contribution in [0.1, 0.15) is 116 Å². The van der Waals surface area contributed by atoms with E-state index in [1.807, 2.05) is 102 Å². The van der Waals surface area contributed by atoms with E-state index in [2.05, 4.69) is 49.7 Å². The van der Waals surface area contributed by atoms with Gasteiger partial charge in [-0.3, -0.25) is 14.8 Å². The largest absolute Gasteiger partial charge is 0.444 e. The molecular formula is C63H74ClF4N15O4. The van der Waals surface area contributed by atoms with E-state index in [-0.39, 0.29) is 69.6 Å². The number of amides is 2. The Morgan fingerprint density at radius 1 is 0.575 bits per heavy atom. The number of carbonyl (C=O) groups excluding carboxylic acids is 2. The quantitative estimate of drug-likeness (QED) is 0.0999. The molecule has 0 unspecified atom stereocenters. The van der Waals surface area contributed by atoms with Crippen molar-refractivity contribution in [2.24, 2.45) is 11.8 Å². The van der Waals surface area contributed by atoms with Gasteiger partial charge in [0, 0.05) is 129 Å². The number of nitrogens with zero attached hydrogens (tertiary/aromatic N) is 14. The second-order valence-electron chi connectivity index (χ2n) is 25.5. The van der Waals surface area contributed by atoms with Gasteiger partial charge in [0.25, 0.3) is 0 Å². The SMILES string of the molecule is CC(C)(C)OC(=O)N1C[C@H]2CN(Cc3cnc(Cl)nc3)C[C@H]21.Cc1nc2c(F)cc(-c3cc(Cc4ncc(CN5C[C@@H]6CN(C(=O)OC(C)(C)C)[C@@H]6C5)cn4)ncc3F)cc2n1C(C)C.Cc1nc2c(F)cc(-c3cc(N)ncc3F)cc2n1C(C)C. The van der Waals surface area contributed by atoms with Crippen molar-refractivity contribution in [3.05, 3.63) is 136 Å². The van der Waals surface area contributed by atoms with Gasteiger partial charge in [-0.2, -0.15) is 0 Å². The second-order valence-corrected chi connectivity index (χ2v) is 25.8. The molecule has 0 radical (unpaired) electrons. The first-order valence-corrected chi connectivity index (χ1v) is 29.6. The van der Waals surface area contributed by atoms with E-state index in [1.54, 1.807) is 43.0 Å². The average Bonchev–Trinajstić information content (AvgIpc) is 1.76. The molecule has 0 spiro atoms.